The van der Waals surface area contributed by atoms with Crippen LogP contribution in [0.2, 0.25) is 0 Å². The number of hydrogen-bond acceptors (Lipinski definition) is 8. The number of anilines is 1. The van der Waals surface area contributed by atoms with E-state index in [1.54, 1.807) is 23.3 Å². The molecule has 5 rings (SSSR count). The molecule has 0 amide bonds. The summed E-state index contributed by atoms with van der Waals surface area (Å²) in [6.07, 6.45) is 8.90. The summed E-state index contributed by atoms with van der Waals surface area (Å²) in [7, 11) is 3.97. The molecule has 0 atom stereocenters. The number of carbonyl (C=O) groups is 1. The van der Waals surface area contributed by atoms with Gasteiger partial charge in [-0.1, -0.05) is 0 Å². The van der Waals surface area contributed by atoms with Gasteiger partial charge in [-0.25, -0.2) is 4.98 Å². The van der Waals surface area contributed by atoms with Crippen LogP contribution in [0.1, 0.15) is 16.2 Å². The van der Waals surface area contributed by atoms with Crippen LogP contribution in [0, 0.1) is 0 Å². The molecule has 31 heavy (non-hydrogen) atoms. The van der Waals surface area contributed by atoms with Crippen LogP contribution < -0.4 is 4.90 Å². The van der Waals surface area contributed by atoms with Crippen molar-refractivity contribution in [2.45, 2.75) is 6.42 Å². The predicted molar refractivity (Wildman–Crippen MR) is 116 cm³/mol. The Bertz CT molecular complexity index is 1240. The lowest BCUT2D eigenvalue weighted by atomic mass is 10.1. The molecule has 0 unspecified atom stereocenters. The highest BCUT2D eigenvalue weighted by Gasteiger charge is 2.21. The molecule has 0 aromatic carbocycles. The third-order valence-corrected chi connectivity index (χ3v) is 5.55. The molecule has 9 nitrogen and oxygen atoms in total. The number of oxazole rings is 1. The van der Waals surface area contributed by atoms with E-state index in [0.717, 1.165) is 48.2 Å². The number of likely N-dealkylation sites (N-methyl/N-ethyl adjacent to an activating group) is 1. The zero-order chi connectivity index (χ0) is 21.4. The van der Waals surface area contributed by atoms with E-state index in [9.17, 15) is 4.79 Å². The Hall–Kier alpha value is -3.59. The predicted octanol–water partition coefficient (Wildman–Crippen LogP) is 2.20. The molecule has 158 valence electrons. The Kier molecular flexibility index (Phi) is 4.95. The monoisotopic (exact) mass is 417 g/mol. The number of piperazine rings is 1. The van der Waals surface area contributed by atoms with E-state index in [-0.39, 0.29) is 18.0 Å². The minimum atomic E-state index is -0.142. The van der Waals surface area contributed by atoms with Crippen molar-refractivity contribution in [3.05, 3.63) is 54.6 Å². The van der Waals surface area contributed by atoms with Gasteiger partial charge in [0.05, 0.1) is 30.5 Å². The maximum Gasteiger partial charge on any atom is 0.297 e. The Labute approximate surface area is 179 Å². The van der Waals surface area contributed by atoms with Crippen LogP contribution >= 0.6 is 0 Å². The molecule has 9 heteroatoms. The molecule has 1 saturated heterocycles. The van der Waals surface area contributed by atoms with Crippen molar-refractivity contribution in [2.75, 3.05) is 38.1 Å². The molecule has 4 aromatic heterocycles. The Morgan fingerprint density at radius 3 is 2.58 bits per heavy atom. The number of aromatic nitrogens is 5. The standard InChI is InChI=1S/C22H23N7O2/c1-27-3-5-29(6-4-27)22-25-13-21(31-22)20(30)9-18-8-15-7-16(10-24-19(15)12-23-18)17-11-26-28(2)14-17/h7-8,10-14H,3-6,9H2,1-2H3. The van der Waals surface area contributed by atoms with Gasteiger partial charge in [-0.15, -0.1) is 0 Å². The molecule has 0 N–H and O–H groups in total. The second kappa shape index (κ2) is 7.92. The van der Waals surface area contributed by atoms with Crippen LogP contribution in [0.25, 0.3) is 22.0 Å². The zero-order valence-corrected chi connectivity index (χ0v) is 17.5. The van der Waals surface area contributed by atoms with Crippen molar-refractivity contribution in [3.63, 3.8) is 0 Å². The van der Waals surface area contributed by atoms with E-state index < -0.39 is 0 Å². The summed E-state index contributed by atoms with van der Waals surface area (Å²) in [5.74, 6) is 0.120. The van der Waals surface area contributed by atoms with Crippen molar-refractivity contribution < 1.29 is 9.21 Å². The number of fused-ring (bicyclic) bond motifs is 1. The van der Waals surface area contributed by atoms with Gasteiger partial charge in [0.25, 0.3) is 6.01 Å². The average Bonchev–Trinajstić information content (AvgIpc) is 3.43. The number of rotatable bonds is 5. The largest absolute Gasteiger partial charge is 0.420 e. The maximum absolute atomic E-state index is 12.8. The minimum absolute atomic E-state index is 0.142. The molecule has 0 aliphatic carbocycles. The Morgan fingerprint density at radius 1 is 0.968 bits per heavy atom. The number of carbonyl (C=O) groups excluding carboxylic acids is 1. The highest BCUT2D eigenvalue weighted by Crippen LogP contribution is 2.23. The smallest absolute Gasteiger partial charge is 0.297 e. The molecule has 0 bridgehead atoms. The highest BCUT2D eigenvalue weighted by atomic mass is 16.4. The van der Waals surface area contributed by atoms with Gasteiger partial charge in [0.15, 0.2) is 5.76 Å². The molecule has 4 aromatic rings. The topological polar surface area (TPSA) is 93.2 Å². The Balaban J connectivity index is 1.33. The molecular weight excluding hydrogens is 394 g/mol. The quantitative estimate of drug-likeness (QED) is 0.456. The van der Waals surface area contributed by atoms with Crippen LogP contribution in [-0.4, -0.2) is 68.6 Å². The highest BCUT2D eigenvalue weighted by molar-refractivity contribution is 5.95. The lowest BCUT2D eigenvalue weighted by Crippen LogP contribution is -2.44. The van der Waals surface area contributed by atoms with Gasteiger partial charge in [-0.2, -0.15) is 5.10 Å². The molecule has 0 radical (unpaired) electrons. The van der Waals surface area contributed by atoms with Gasteiger partial charge >= 0.3 is 0 Å². The van der Waals surface area contributed by atoms with Crippen molar-refractivity contribution in [1.82, 2.24) is 29.6 Å². The van der Waals surface area contributed by atoms with Crippen LogP contribution in [0.3, 0.4) is 0 Å². The van der Waals surface area contributed by atoms with Crippen LogP contribution in [0.15, 0.2) is 47.5 Å². The number of nitrogens with zero attached hydrogens (tertiary/aromatic N) is 7. The van der Waals surface area contributed by atoms with Gasteiger partial charge in [-0.3, -0.25) is 19.4 Å². The van der Waals surface area contributed by atoms with E-state index in [4.69, 9.17) is 4.42 Å². The first-order chi connectivity index (χ1) is 15.0. The van der Waals surface area contributed by atoms with Crippen LogP contribution in [0.4, 0.5) is 6.01 Å². The molecule has 1 fully saturated rings. The second-order valence-electron chi connectivity index (χ2n) is 7.89. The van der Waals surface area contributed by atoms with Crippen molar-refractivity contribution in [2.24, 2.45) is 7.05 Å². The number of Topliss-reactive ketones (excluding diaryl/α,β-unsaturated/α-hetero) is 1. The number of ketones is 1. The summed E-state index contributed by atoms with van der Waals surface area (Å²) >= 11 is 0. The third-order valence-electron chi connectivity index (χ3n) is 5.55. The first-order valence-electron chi connectivity index (χ1n) is 10.2. The zero-order valence-electron chi connectivity index (χ0n) is 17.5. The van der Waals surface area contributed by atoms with Gasteiger partial charge in [0.2, 0.25) is 5.78 Å². The lowest BCUT2D eigenvalue weighted by molar-refractivity contribution is 0.0965. The summed E-state index contributed by atoms with van der Waals surface area (Å²) < 4.78 is 7.51. The van der Waals surface area contributed by atoms with E-state index in [0.29, 0.717) is 11.7 Å². The van der Waals surface area contributed by atoms with Crippen molar-refractivity contribution >= 4 is 22.7 Å². The van der Waals surface area contributed by atoms with Gasteiger partial charge in [0.1, 0.15) is 0 Å². The number of aryl methyl sites for hydroxylation is 1. The van der Waals surface area contributed by atoms with Gasteiger partial charge in [0, 0.05) is 67.8 Å². The molecule has 0 spiro atoms. The first-order valence-corrected chi connectivity index (χ1v) is 10.2. The van der Waals surface area contributed by atoms with E-state index in [1.807, 2.05) is 25.4 Å². The van der Waals surface area contributed by atoms with Crippen molar-refractivity contribution in [3.8, 4) is 11.1 Å². The van der Waals surface area contributed by atoms with Crippen LogP contribution in [0.5, 0.6) is 0 Å². The minimum Gasteiger partial charge on any atom is -0.420 e. The summed E-state index contributed by atoms with van der Waals surface area (Å²) in [6, 6.07) is 4.44. The molecule has 5 heterocycles. The number of pyridine rings is 2. The van der Waals surface area contributed by atoms with Gasteiger partial charge < -0.3 is 14.2 Å². The number of hydrogen-bond donors (Lipinski definition) is 0. The summed E-state index contributed by atoms with van der Waals surface area (Å²) in [4.78, 5) is 30.3. The average molecular weight is 417 g/mol. The molecule has 1 aliphatic rings. The SMILES string of the molecule is CN1CCN(c2ncc(C(=O)Cc3cc4cc(-c5cnn(C)c5)cnc4cn3)o2)CC1. The summed E-state index contributed by atoms with van der Waals surface area (Å²) in [5, 5.41) is 5.14. The second-order valence-corrected chi connectivity index (χ2v) is 7.89. The van der Waals surface area contributed by atoms with Crippen molar-refractivity contribution in [1.29, 1.82) is 0 Å². The first kappa shape index (κ1) is 19.4. The fourth-order valence-electron chi connectivity index (χ4n) is 3.69. The molecule has 0 saturated carbocycles. The third kappa shape index (κ3) is 4.04. The van der Waals surface area contributed by atoms with E-state index >= 15 is 0 Å². The molecule has 1 aliphatic heterocycles. The van der Waals surface area contributed by atoms with E-state index in [2.05, 4.69) is 36.9 Å². The normalized spacial score (nSPS) is 15.0. The van der Waals surface area contributed by atoms with Crippen LogP contribution in [-0.2, 0) is 13.5 Å². The van der Waals surface area contributed by atoms with E-state index in [1.165, 1.54) is 6.20 Å². The fourth-order valence-corrected chi connectivity index (χ4v) is 3.69. The Morgan fingerprint density at radius 2 is 1.81 bits per heavy atom. The fraction of sp³-hybridized carbons (Fsp3) is 0.318. The maximum atomic E-state index is 12.8. The van der Waals surface area contributed by atoms with Gasteiger partial charge in [-0.05, 0) is 19.2 Å². The molecular formula is C22H23N7O2. The summed E-state index contributed by atoms with van der Waals surface area (Å²) in [5.41, 5.74) is 3.40. The summed E-state index contributed by atoms with van der Waals surface area (Å²) in [6.45, 7) is 3.57. The lowest BCUT2D eigenvalue weighted by Gasteiger charge is -2.31.